The molecule has 1 heterocycles. The summed E-state index contributed by atoms with van der Waals surface area (Å²) in [5, 5.41) is 2.70. The first-order chi connectivity index (χ1) is 15.8. The topological polar surface area (TPSA) is 122 Å². The first kappa shape index (κ1) is 24.0. The van der Waals surface area contributed by atoms with Crippen molar-refractivity contribution in [3.63, 3.8) is 0 Å². The minimum absolute atomic E-state index is 0.0590. The molecule has 174 valence electrons. The van der Waals surface area contributed by atoms with E-state index in [1.54, 1.807) is 0 Å². The van der Waals surface area contributed by atoms with E-state index in [4.69, 9.17) is 22.1 Å². The molecule has 0 aliphatic rings. The Labute approximate surface area is 193 Å². The van der Waals surface area contributed by atoms with Gasteiger partial charge in [-0.1, -0.05) is 41.9 Å². The number of aromatic nitrogens is 2. The number of anilines is 3. The molecule has 0 atom stereocenters. The van der Waals surface area contributed by atoms with E-state index in [0.717, 1.165) is 16.2 Å². The van der Waals surface area contributed by atoms with Gasteiger partial charge in [0, 0.05) is 18.7 Å². The zero-order chi connectivity index (χ0) is 24.0. The second-order valence-corrected chi connectivity index (χ2v) is 7.59. The minimum Gasteiger partial charge on any atom is -0.383 e. The molecule has 3 rings (SSSR count). The van der Waals surface area contributed by atoms with Crippen LogP contribution in [0.4, 0.5) is 21.6 Å². The summed E-state index contributed by atoms with van der Waals surface area (Å²) in [5.74, 6) is -1.38. The average molecular weight is 476 g/mol. The monoisotopic (exact) mass is 475 g/mol. The van der Waals surface area contributed by atoms with Gasteiger partial charge in [-0.25, -0.2) is 9.18 Å². The van der Waals surface area contributed by atoms with Crippen LogP contribution < -0.4 is 27.2 Å². The largest absolute Gasteiger partial charge is 0.383 e. The number of nitrogens with one attached hydrogen (secondary N) is 2. The average Bonchev–Trinajstić information content (AvgIpc) is 2.76. The van der Waals surface area contributed by atoms with E-state index in [1.807, 2.05) is 30.3 Å². The summed E-state index contributed by atoms with van der Waals surface area (Å²) in [6, 6.07) is 12.8. The van der Waals surface area contributed by atoms with E-state index in [-0.39, 0.29) is 48.5 Å². The summed E-state index contributed by atoms with van der Waals surface area (Å²) in [4.78, 5) is 41.4. The van der Waals surface area contributed by atoms with E-state index in [0.29, 0.717) is 0 Å². The second-order valence-electron chi connectivity index (χ2n) is 7.15. The van der Waals surface area contributed by atoms with Gasteiger partial charge in [0.2, 0.25) is 5.91 Å². The van der Waals surface area contributed by atoms with Crippen molar-refractivity contribution >= 4 is 34.7 Å². The summed E-state index contributed by atoms with van der Waals surface area (Å²) >= 11 is 5.89. The fraction of sp³-hybridized carbons (Fsp3) is 0.227. The van der Waals surface area contributed by atoms with Crippen LogP contribution in [0.1, 0.15) is 5.56 Å². The Kier molecular flexibility index (Phi) is 7.86. The first-order valence-electron chi connectivity index (χ1n) is 9.95. The number of halogens is 2. The Morgan fingerprint density at radius 2 is 1.97 bits per heavy atom. The van der Waals surface area contributed by atoms with Gasteiger partial charge in [-0.3, -0.25) is 19.1 Å². The zero-order valence-corrected chi connectivity index (χ0v) is 18.6. The first-order valence-corrected chi connectivity index (χ1v) is 10.3. The predicted molar refractivity (Wildman–Crippen MR) is 125 cm³/mol. The molecule has 1 amide bonds. The fourth-order valence-corrected chi connectivity index (χ4v) is 3.43. The molecule has 4 N–H and O–H groups in total. The third kappa shape index (κ3) is 5.99. The molecule has 1 aromatic heterocycles. The van der Waals surface area contributed by atoms with Crippen molar-refractivity contribution in [1.82, 2.24) is 9.55 Å². The van der Waals surface area contributed by atoms with Gasteiger partial charge in [-0.05, 0) is 23.8 Å². The van der Waals surface area contributed by atoms with E-state index >= 15 is 0 Å². The van der Waals surface area contributed by atoms with Crippen LogP contribution in [0.15, 0.2) is 58.1 Å². The fourth-order valence-electron chi connectivity index (χ4n) is 3.26. The van der Waals surface area contributed by atoms with Crippen molar-refractivity contribution in [1.29, 1.82) is 0 Å². The molecule has 0 aliphatic carbocycles. The van der Waals surface area contributed by atoms with Gasteiger partial charge in [0.25, 0.3) is 5.56 Å². The van der Waals surface area contributed by atoms with Crippen LogP contribution in [0.3, 0.4) is 0 Å². The van der Waals surface area contributed by atoms with E-state index < -0.39 is 23.0 Å². The number of benzene rings is 2. The van der Waals surface area contributed by atoms with Crippen LogP contribution in [-0.4, -0.2) is 35.7 Å². The van der Waals surface area contributed by atoms with Crippen LogP contribution in [0.2, 0.25) is 5.02 Å². The summed E-state index contributed by atoms with van der Waals surface area (Å²) in [5.41, 5.74) is 5.38. The molecular formula is C22H23ClFN5O4. The zero-order valence-electron chi connectivity index (χ0n) is 17.8. The van der Waals surface area contributed by atoms with Gasteiger partial charge in [0.15, 0.2) is 0 Å². The molecule has 33 heavy (non-hydrogen) atoms. The number of hydrogen-bond donors (Lipinski definition) is 3. The van der Waals surface area contributed by atoms with Gasteiger partial charge < -0.3 is 20.7 Å². The second kappa shape index (κ2) is 10.8. The Hall–Kier alpha value is -3.63. The maximum atomic E-state index is 14.1. The Morgan fingerprint density at radius 1 is 1.24 bits per heavy atom. The molecule has 0 saturated carbocycles. The van der Waals surface area contributed by atoms with E-state index in [1.165, 1.54) is 24.1 Å². The lowest BCUT2D eigenvalue weighted by Crippen LogP contribution is -2.41. The highest BCUT2D eigenvalue weighted by molar-refractivity contribution is 6.30. The van der Waals surface area contributed by atoms with Crippen LogP contribution in [0, 0.1) is 5.82 Å². The summed E-state index contributed by atoms with van der Waals surface area (Å²) in [6.45, 7) is 0.0610. The van der Waals surface area contributed by atoms with Crippen LogP contribution in [0.25, 0.3) is 0 Å². The molecule has 0 unspecified atom stereocenters. The van der Waals surface area contributed by atoms with Crippen molar-refractivity contribution < 1.29 is 13.9 Å². The molecule has 3 aromatic rings. The summed E-state index contributed by atoms with van der Waals surface area (Å²) in [7, 11) is 1.47. The van der Waals surface area contributed by atoms with Crippen molar-refractivity contribution in [3.8, 4) is 0 Å². The van der Waals surface area contributed by atoms with Gasteiger partial charge in [-0.15, -0.1) is 0 Å². The number of ether oxygens (including phenoxy) is 1. The number of nitrogens with zero attached hydrogens (tertiary/aromatic N) is 2. The number of rotatable bonds is 9. The van der Waals surface area contributed by atoms with Crippen molar-refractivity contribution in [2.45, 2.75) is 13.1 Å². The van der Waals surface area contributed by atoms with Gasteiger partial charge in [0.05, 0.1) is 25.4 Å². The molecule has 0 spiro atoms. The normalized spacial score (nSPS) is 10.8. The third-order valence-corrected chi connectivity index (χ3v) is 5.04. The number of H-pyrrole nitrogens is 1. The lowest BCUT2D eigenvalue weighted by molar-refractivity contribution is -0.115. The maximum absolute atomic E-state index is 14.1. The van der Waals surface area contributed by atoms with E-state index in [9.17, 15) is 18.8 Å². The van der Waals surface area contributed by atoms with Crippen molar-refractivity contribution in [2.75, 3.05) is 36.2 Å². The molecule has 2 aromatic carbocycles. The van der Waals surface area contributed by atoms with Crippen LogP contribution in [-0.2, 0) is 22.6 Å². The molecule has 11 heteroatoms. The van der Waals surface area contributed by atoms with Crippen molar-refractivity contribution in [2.24, 2.45) is 0 Å². The molecule has 9 nitrogen and oxygen atoms in total. The standard InChI is InChI=1S/C22H23ClFN5O4/c1-33-10-9-29-20(25)19(21(31)27-22(29)32)28(12-14-5-3-2-4-6-14)13-18(30)26-17-11-15(23)7-8-16(17)24/h2-8,11H,9-10,12-13,25H2,1H3,(H,26,30)(H,27,31,32). The Morgan fingerprint density at radius 3 is 2.67 bits per heavy atom. The van der Waals surface area contributed by atoms with Crippen LogP contribution >= 0.6 is 11.6 Å². The molecule has 0 fully saturated rings. The van der Waals surface area contributed by atoms with Gasteiger partial charge in [0.1, 0.15) is 17.3 Å². The highest BCUT2D eigenvalue weighted by atomic mass is 35.5. The number of nitrogen functional groups attached to an aromatic ring is 1. The quantitative estimate of drug-likeness (QED) is 0.436. The van der Waals surface area contributed by atoms with Gasteiger partial charge >= 0.3 is 5.69 Å². The molecule has 0 bridgehead atoms. The SMILES string of the molecule is COCCn1c(N)c(N(CC(=O)Nc2cc(Cl)ccc2F)Cc2ccccc2)c(=O)[nH]c1=O. The molecular weight excluding hydrogens is 453 g/mol. The minimum atomic E-state index is -0.746. The number of methoxy groups -OCH3 is 1. The van der Waals surface area contributed by atoms with E-state index in [2.05, 4.69) is 10.3 Å². The van der Waals surface area contributed by atoms with Crippen molar-refractivity contribution in [3.05, 3.63) is 85.8 Å². The number of carbonyl (C=O) groups is 1. The smallest absolute Gasteiger partial charge is 0.330 e. The number of amides is 1. The Balaban J connectivity index is 1.98. The van der Waals surface area contributed by atoms with Crippen LogP contribution in [0.5, 0.6) is 0 Å². The lowest BCUT2D eigenvalue weighted by atomic mass is 10.2. The number of carbonyl (C=O) groups excluding carboxylic acids is 1. The highest BCUT2D eigenvalue weighted by Crippen LogP contribution is 2.22. The molecule has 0 saturated heterocycles. The maximum Gasteiger partial charge on any atom is 0.330 e. The predicted octanol–water partition coefficient (Wildman–Crippen LogP) is 2.20. The number of aromatic amines is 1. The Bertz CT molecular complexity index is 1250. The summed E-state index contributed by atoms with van der Waals surface area (Å²) in [6.07, 6.45) is 0. The lowest BCUT2D eigenvalue weighted by Gasteiger charge is -2.26. The summed E-state index contributed by atoms with van der Waals surface area (Å²) < 4.78 is 20.2. The van der Waals surface area contributed by atoms with Gasteiger partial charge in [-0.2, -0.15) is 0 Å². The molecule has 0 radical (unpaired) electrons. The molecule has 0 aliphatic heterocycles. The number of hydrogen-bond acceptors (Lipinski definition) is 6. The third-order valence-electron chi connectivity index (χ3n) is 4.80. The number of nitrogens with two attached hydrogens (primary N) is 1. The highest BCUT2D eigenvalue weighted by Gasteiger charge is 2.22.